The standard InChI is InChI=1S/C15H31N3O2/c1-4-5-6-9-16-15(19)18-10-7-14(8-11-18)20-13-12-17(2)3/h14H,4-13H2,1-3H3,(H,16,19). The summed E-state index contributed by atoms with van der Waals surface area (Å²) in [5.41, 5.74) is 0. The lowest BCUT2D eigenvalue weighted by molar-refractivity contribution is 0.00914. The maximum Gasteiger partial charge on any atom is 0.317 e. The number of hydrogen-bond donors (Lipinski definition) is 1. The van der Waals surface area contributed by atoms with E-state index in [-0.39, 0.29) is 6.03 Å². The molecule has 5 heteroatoms. The van der Waals surface area contributed by atoms with Gasteiger partial charge < -0.3 is 19.9 Å². The Kier molecular flexibility index (Phi) is 8.62. The molecule has 1 aliphatic heterocycles. The molecule has 118 valence electrons. The number of nitrogens with zero attached hydrogens (tertiary/aromatic N) is 2. The van der Waals surface area contributed by atoms with Crippen molar-refractivity contribution in [1.29, 1.82) is 0 Å². The fraction of sp³-hybridized carbons (Fsp3) is 0.933. The Hall–Kier alpha value is -0.810. The van der Waals surface area contributed by atoms with Gasteiger partial charge in [0.15, 0.2) is 0 Å². The van der Waals surface area contributed by atoms with Gasteiger partial charge in [-0.15, -0.1) is 0 Å². The summed E-state index contributed by atoms with van der Waals surface area (Å²) >= 11 is 0. The minimum absolute atomic E-state index is 0.0906. The van der Waals surface area contributed by atoms with Crippen molar-refractivity contribution >= 4 is 6.03 Å². The van der Waals surface area contributed by atoms with Gasteiger partial charge in [0, 0.05) is 26.2 Å². The van der Waals surface area contributed by atoms with E-state index in [0.717, 1.165) is 52.0 Å². The van der Waals surface area contributed by atoms with Gasteiger partial charge >= 0.3 is 6.03 Å². The van der Waals surface area contributed by atoms with Crippen LogP contribution in [0.5, 0.6) is 0 Å². The molecule has 20 heavy (non-hydrogen) atoms. The van der Waals surface area contributed by atoms with Crippen molar-refractivity contribution in [2.45, 2.75) is 45.1 Å². The number of carbonyl (C=O) groups excluding carboxylic acids is 1. The third kappa shape index (κ3) is 7.10. The lowest BCUT2D eigenvalue weighted by atomic mass is 10.1. The summed E-state index contributed by atoms with van der Waals surface area (Å²) < 4.78 is 5.83. The van der Waals surface area contributed by atoms with Crippen molar-refractivity contribution in [3.63, 3.8) is 0 Å². The summed E-state index contributed by atoms with van der Waals surface area (Å²) in [6.07, 6.45) is 5.67. The van der Waals surface area contributed by atoms with Crippen molar-refractivity contribution in [2.75, 3.05) is 46.9 Å². The van der Waals surface area contributed by atoms with Crippen molar-refractivity contribution in [1.82, 2.24) is 15.1 Å². The number of carbonyl (C=O) groups is 1. The Bertz CT molecular complexity index is 264. The number of rotatable bonds is 8. The summed E-state index contributed by atoms with van der Waals surface area (Å²) in [6.45, 7) is 6.33. The molecular weight excluding hydrogens is 254 g/mol. The zero-order valence-electron chi connectivity index (χ0n) is 13.4. The quantitative estimate of drug-likeness (QED) is 0.693. The highest BCUT2D eigenvalue weighted by Crippen LogP contribution is 2.13. The molecule has 1 N–H and O–H groups in total. The summed E-state index contributed by atoms with van der Waals surface area (Å²) in [7, 11) is 4.10. The second-order valence-electron chi connectivity index (χ2n) is 5.80. The second-order valence-corrected chi connectivity index (χ2v) is 5.80. The first-order chi connectivity index (χ1) is 9.63. The van der Waals surface area contributed by atoms with E-state index in [9.17, 15) is 4.79 Å². The van der Waals surface area contributed by atoms with E-state index in [1.54, 1.807) is 0 Å². The van der Waals surface area contributed by atoms with E-state index >= 15 is 0 Å². The minimum Gasteiger partial charge on any atom is -0.377 e. The van der Waals surface area contributed by atoms with Gasteiger partial charge in [-0.1, -0.05) is 19.8 Å². The number of urea groups is 1. The van der Waals surface area contributed by atoms with Crippen molar-refractivity contribution in [3.05, 3.63) is 0 Å². The third-order valence-corrected chi connectivity index (χ3v) is 3.68. The highest BCUT2D eigenvalue weighted by molar-refractivity contribution is 5.74. The van der Waals surface area contributed by atoms with Gasteiger partial charge in [-0.3, -0.25) is 0 Å². The van der Waals surface area contributed by atoms with Crippen LogP contribution >= 0.6 is 0 Å². The average molecular weight is 285 g/mol. The van der Waals surface area contributed by atoms with Crippen LogP contribution in [0.25, 0.3) is 0 Å². The highest BCUT2D eigenvalue weighted by Gasteiger charge is 2.22. The Morgan fingerprint density at radius 3 is 2.60 bits per heavy atom. The number of likely N-dealkylation sites (tertiary alicyclic amines) is 1. The van der Waals surface area contributed by atoms with Crippen molar-refractivity contribution in [3.8, 4) is 0 Å². The summed E-state index contributed by atoms with van der Waals surface area (Å²) in [5, 5.41) is 3.00. The van der Waals surface area contributed by atoms with E-state index in [0.29, 0.717) is 6.10 Å². The van der Waals surface area contributed by atoms with Gasteiger partial charge in [0.2, 0.25) is 0 Å². The molecule has 0 bridgehead atoms. The number of amides is 2. The van der Waals surface area contributed by atoms with Crippen LogP contribution in [-0.2, 0) is 4.74 Å². The topological polar surface area (TPSA) is 44.8 Å². The summed E-state index contributed by atoms with van der Waals surface area (Å²) in [6, 6.07) is 0.0906. The largest absolute Gasteiger partial charge is 0.377 e. The molecule has 0 aromatic carbocycles. The summed E-state index contributed by atoms with van der Waals surface area (Å²) in [4.78, 5) is 16.0. The predicted molar refractivity (Wildman–Crippen MR) is 82.0 cm³/mol. The molecule has 1 saturated heterocycles. The highest BCUT2D eigenvalue weighted by atomic mass is 16.5. The molecule has 2 amide bonds. The van der Waals surface area contributed by atoms with E-state index in [1.165, 1.54) is 12.8 Å². The molecule has 5 nitrogen and oxygen atoms in total. The molecule has 1 heterocycles. The van der Waals surface area contributed by atoms with Gasteiger partial charge in [0.25, 0.3) is 0 Å². The van der Waals surface area contributed by atoms with Crippen LogP contribution in [0.15, 0.2) is 0 Å². The zero-order valence-corrected chi connectivity index (χ0v) is 13.4. The lowest BCUT2D eigenvalue weighted by Gasteiger charge is -2.32. The van der Waals surface area contributed by atoms with E-state index < -0.39 is 0 Å². The van der Waals surface area contributed by atoms with Crippen LogP contribution in [0, 0.1) is 0 Å². The normalized spacial score (nSPS) is 16.7. The number of unbranched alkanes of at least 4 members (excludes halogenated alkanes) is 2. The fourth-order valence-electron chi connectivity index (χ4n) is 2.31. The number of nitrogens with one attached hydrogen (secondary N) is 1. The zero-order chi connectivity index (χ0) is 14.8. The van der Waals surface area contributed by atoms with Crippen LogP contribution in [0.1, 0.15) is 39.0 Å². The monoisotopic (exact) mass is 285 g/mol. The first-order valence-electron chi connectivity index (χ1n) is 7.92. The Morgan fingerprint density at radius 2 is 2.00 bits per heavy atom. The Morgan fingerprint density at radius 1 is 1.30 bits per heavy atom. The maximum absolute atomic E-state index is 11.9. The predicted octanol–water partition coefficient (Wildman–Crippen LogP) is 1.93. The molecule has 0 saturated carbocycles. The van der Waals surface area contributed by atoms with Gasteiger partial charge in [0.1, 0.15) is 0 Å². The first-order valence-corrected chi connectivity index (χ1v) is 7.92. The summed E-state index contributed by atoms with van der Waals surface area (Å²) in [5.74, 6) is 0. The molecule has 0 aromatic heterocycles. The number of hydrogen-bond acceptors (Lipinski definition) is 3. The molecule has 0 unspecified atom stereocenters. The Labute approximate surface area is 123 Å². The van der Waals surface area contributed by atoms with Crippen LogP contribution in [-0.4, -0.2) is 68.8 Å². The molecular formula is C15H31N3O2. The van der Waals surface area contributed by atoms with Crippen LogP contribution in [0.2, 0.25) is 0 Å². The number of piperidine rings is 1. The van der Waals surface area contributed by atoms with Gasteiger partial charge in [-0.2, -0.15) is 0 Å². The van der Waals surface area contributed by atoms with E-state index in [1.807, 2.05) is 4.90 Å². The second kappa shape index (κ2) is 10.00. The minimum atomic E-state index is 0.0906. The SMILES string of the molecule is CCCCCNC(=O)N1CCC(OCCN(C)C)CC1. The van der Waals surface area contributed by atoms with Crippen molar-refractivity contribution in [2.24, 2.45) is 0 Å². The maximum atomic E-state index is 11.9. The van der Waals surface area contributed by atoms with Crippen LogP contribution in [0.4, 0.5) is 4.79 Å². The lowest BCUT2D eigenvalue weighted by Crippen LogP contribution is -2.46. The molecule has 0 spiro atoms. The van der Waals surface area contributed by atoms with Crippen molar-refractivity contribution < 1.29 is 9.53 Å². The smallest absolute Gasteiger partial charge is 0.317 e. The van der Waals surface area contributed by atoms with Gasteiger partial charge in [-0.25, -0.2) is 4.79 Å². The van der Waals surface area contributed by atoms with Gasteiger partial charge in [-0.05, 0) is 33.4 Å². The van der Waals surface area contributed by atoms with Crippen LogP contribution < -0.4 is 5.32 Å². The average Bonchev–Trinajstić information content (AvgIpc) is 2.44. The molecule has 1 aliphatic rings. The molecule has 0 atom stereocenters. The third-order valence-electron chi connectivity index (χ3n) is 3.68. The molecule has 0 radical (unpaired) electrons. The molecule has 1 fully saturated rings. The van der Waals surface area contributed by atoms with Crippen LogP contribution in [0.3, 0.4) is 0 Å². The molecule has 0 aliphatic carbocycles. The number of likely N-dealkylation sites (N-methyl/N-ethyl adjacent to an activating group) is 1. The van der Waals surface area contributed by atoms with E-state index in [4.69, 9.17) is 4.74 Å². The van der Waals surface area contributed by atoms with E-state index in [2.05, 4.69) is 31.2 Å². The first kappa shape index (κ1) is 17.2. The number of ether oxygens (including phenoxy) is 1. The fourth-order valence-corrected chi connectivity index (χ4v) is 2.31. The molecule has 1 rings (SSSR count). The Balaban J connectivity index is 2.10. The van der Waals surface area contributed by atoms with Gasteiger partial charge in [0.05, 0.1) is 12.7 Å². The molecule has 0 aromatic rings.